The molecule has 0 aliphatic carbocycles. The normalized spacial score (nSPS) is 10.3. The average molecular weight is 295 g/mol. The van der Waals surface area contributed by atoms with Gasteiger partial charge in [-0.2, -0.15) is 0 Å². The van der Waals surface area contributed by atoms with Crippen LogP contribution in [0.5, 0.6) is 0 Å². The predicted octanol–water partition coefficient (Wildman–Crippen LogP) is 4.14. The van der Waals surface area contributed by atoms with Crippen molar-refractivity contribution in [3.05, 3.63) is 57.6 Å². The zero-order valence-electron chi connectivity index (χ0n) is 10.2. The Labute approximate surface area is 121 Å². The second kappa shape index (κ2) is 5.51. The quantitative estimate of drug-likeness (QED) is 0.818. The van der Waals surface area contributed by atoms with Gasteiger partial charge in [0.2, 0.25) is 0 Å². The molecular formula is C14H12Cl2N2O. The smallest absolute Gasteiger partial charge is 0.256 e. The summed E-state index contributed by atoms with van der Waals surface area (Å²) in [6.45, 7) is 1.84. The fourth-order valence-corrected chi connectivity index (χ4v) is 2.17. The van der Waals surface area contributed by atoms with E-state index in [1.807, 2.05) is 6.92 Å². The van der Waals surface area contributed by atoms with Crippen molar-refractivity contribution in [1.82, 2.24) is 0 Å². The van der Waals surface area contributed by atoms with Crippen molar-refractivity contribution >= 4 is 40.5 Å². The van der Waals surface area contributed by atoms with E-state index in [0.29, 0.717) is 27.0 Å². The van der Waals surface area contributed by atoms with Gasteiger partial charge in [0.25, 0.3) is 5.91 Å². The number of hydrogen-bond donors (Lipinski definition) is 2. The van der Waals surface area contributed by atoms with Gasteiger partial charge in [-0.15, -0.1) is 0 Å². The van der Waals surface area contributed by atoms with Crippen molar-refractivity contribution in [2.75, 3.05) is 11.1 Å². The van der Waals surface area contributed by atoms with Crippen molar-refractivity contribution in [1.29, 1.82) is 0 Å². The standard InChI is InChI=1S/C14H12Cl2N2O/c1-8-5-6-9(17)7-10(8)14(19)18-13-11(15)3-2-4-12(13)16/h2-7H,17H2,1H3,(H,18,19). The number of para-hydroxylation sites is 1. The maximum atomic E-state index is 12.2. The van der Waals surface area contributed by atoms with E-state index in [4.69, 9.17) is 28.9 Å². The van der Waals surface area contributed by atoms with Gasteiger partial charge in [0.15, 0.2) is 0 Å². The van der Waals surface area contributed by atoms with E-state index >= 15 is 0 Å². The molecule has 0 radical (unpaired) electrons. The van der Waals surface area contributed by atoms with E-state index in [2.05, 4.69) is 5.32 Å². The van der Waals surface area contributed by atoms with Crippen molar-refractivity contribution in [3.63, 3.8) is 0 Å². The number of rotatable bonds is 2. The number of aryl methyl sites for hydroxylation is 1. The molecule has 2 rings (SSSR count). The van der Waals surface area contributed by atoms with Crippen LogP contribution in [0, 0.1) is 6.92 Å². The second-order valence-corrected chi connectivity index (χ2v) is 4.94. The molecule has 0 bridgehead atoms. The van der Waals surface area contributed by atoms with E-state index < -0.39 is 0 Å². The molecule has 0 aliphatic rings. The molecule has 0 aliphatic heterocycles. The molecule has 98 valence electrons. The second-order valence-electron chi connectivity index (χ2n) is 4.13. The van der Waals surface area contributed by atoms with E-state index in [9.17, 15) is 4.79 Å². The van der Waals surface area contributed by atoms with Crippen LogP contribution in [-0.4, -0.2) is 5.91 Å². The highest BCUT2D eigenvalue weighted by Gasteiger charge is 2.13. The van der Waals surface area contributed by atoms with Gasteiger partial charge in [-0.1, -0.05) is 35.3 Å². The van der Waals surface area contributed by atoms with Gasteiger partial charge in [-0.3, -0.25) is 4.79 Å². The van der Waals surface area contributed by atoms with E-state index in [1.165, 1.54) is 0 Å². The lowest BCUT2D eigenvalue weighted by atomic mass is 10.1. The first-order valence-electron chi connectivity index (χ1n) is 5.60. The molecule has 0 heterocycles. The highest BCUT2D eigenvalue weighted by Crippen LogP contribution is 2.30. The molecule has 3 nitrogen and oxygen atoms in total. The lowest BCUT2D eigenvalue weighted by molar-refractivity contribution is 0.102. The van der Waals surface area contributed by atoms with Crippen LogP contribution in [0.4, 0.5) is 11.4 Å². The number of halogens is 2. The Balaban J connectivity index is 2.34. The highest BCUT2D eigenvalue weighted by molar-refractivity contribution is 6.40. The number of amides is 1. The van der Waals surface area contributed by atoms with Gasteiger partial charge in [-0.25, -0.2) is 0 Å². The molecule has 19 heavy (non-hydrogen) atoms. The summed E-state index contributed by atoms with van der Waals surface area (Å²) in [5.41, 5.74) is 7.94. The van der Waals surface area contributed by atoms with Gasteiger partial charge < -0.3 is 11.1 Å². The van der Waals surface area contributed by atoms with Crippen molar-refractivity contribution in [3.8, 4) is 0 Å². The molecule has 0 saturated carbocycles. The van der Waals surface area contributed by atoms with Gasteiger partial charge in [0.05, 0.1) is 15.7 Å². The maximum Gasteiger partial charge on any atom is 0.256 e. The number of benzene rings is 2. The maximum absolute atomic E-state index is 12.2. The molecule has 1 amide bonds. The molecule has 0 unspecified atom stereocenters. The van der Waals surface area contributed by atoms with Gasteiger partial charge in [0, 0.05) is 11.3 Å². The molecule has 2 aromatic carbocycles. The SMILES string of the molecule is Cc1ccc(N)cc1C(=O)Nc1c(Cl)cccc1Cl. The summed E-state index contributed by atoms with van der Waals surface area (Å²) in [5.74, 6) is -0.292. The minimum atomic E-state index is -0.292. The summed E-state index contributed by atoms with van der Waals surface area (Å²) in [6.07, 6.45) is 0. The van der Waals surface area contributed by atoms with Crippen LogP contribution in [0.25, 0.3) is 0 Å². The lowest BCUT2D eigenvalue weighted by Crippen LogP contribution is -2.14. The van der Waals surface area contributed by atoms with Crippen LogP contribution in [0.1, 0.15) is 15.9 Å². The Kier molecular flexibility index (Phi) is 3.98. The number of carbonyl (C=O) groups is 1. The zero-order chi connectivity index (χ0) is 14.0. The Bertz CT molecular complexity index is 621. The molecule has 0 aromatic heterocycles. The monoisotopic (exact) mass is 294 g/mol. The highest BCUT2D eigenvalue weighted by atomic mass is 35.5. The number of nitrogen functional groups attached to an aromatic ring is 1. The fraction of sp³-hybridized carbons (Fsp3) is 0.0714. The number of nitrogens with two attached hydrogens (primary N) is 1. The Morgan fingerprint density at radius 3 is 2.42 bits per heavy atom. The summed E-state index contributed by atoms with van der Waals surface area (Å²) in [6, 6.07) is 10.2. The third-order valence-electron chi connectivity index (χ3n) is 2.71. The summed E-state index contributed by atoms with van der Waals surface area (Å²) < 4.78 is 0. The van der Waals surface area contributed by atoms with Crippen molar-refractivity contribution in [2.45, 2.75) is 6.92 Å². The first-order chi connectivity index (χ1) is 8.99. The largest absolute Gasteiger partial charge is 0.399 e. The molecule has 2 aromatic rings. The van der Waals surface area contributed by atoms with Gasteiger partial charge in [-0.05, 0) is 36.8 Å². The summed E-state index contributed by atoms with van der Waals surface area (Å²) >= 11 is 12.0. The predicted molar refractivity (Wildman–Crippen MR) is 80.0 cm³/mol. The topological polar surface area (TPSA) is 55.1 Å². The molecule has 5 heteroatoms. The third kappa shape index (κ3) is 3.00. The van der Waals surface area contributed by atoms with Crippen LogP contribution in [0.3, 0.4) is 0 Å². The molecule has 0 atom stereocenters. The summed E-state index contributed by atoms with van der Waals surface area (Å²) in [7, 11) is 0. The summed E-state index contributed by atoms with van der Waals surface area (Å²) in [4.78, 5) is 12.2. The minimum Gasteiger partial charge on any atom is -0.399 e. The number of nitrogens with one attached hydrogen (secondary N) is 1. The number of carbonyl (C=O) groups excluding carboxylic acids is 1. The molecule has 0 spiro atoms. The Morgan fingerprint density at radius 2 is 1.79 bits per heavy atom. The van der Waals surface area contributed by atoms with Gasteiger partial charge >= 0.3 is 0 Å². The molecule has 0 saturated heterocycles. The van der Waals surface area contributed by atoms with Crippen LogP contribution in [-0.2, 0) is 0 Å². The van der Waals surface area contributed by atoms with Crippen LogP contribution < -0.4 is 11.1 Å². The minimum absolute atomic E-state index is 0.292. The lowest BCUT2D eigenvalue weighted by Gasteiger charge is -2.11. The first kappa shape index (κ1) is 13.7. The Hall–Kier alpha value is -1.71. The van der Waals surface area contributed by atoms with E-state index in [1.54, 1.807) is 36.4 Å². The third-order valence-corrected chi connectivity index (χ3v) is 3.34. The zero-order valence-corrected chi connectivity index (χ0v) is 11.7. The number of hydrogen-bond acceptors (Lipinski definition) is 2. The van der Waals surface area contributed by atoms with Crippen molar-refractivity contribution < 1.29 is 4.79 Å². The first-order valence-corrected chi connectivity index (χ1v) is 6.36. The Morgan fingerprint density at radius 1 is 1.16 bits per heavy atom. The average Bonchev–Trinajstić information content (AvgIpc) is 2.37. The fourth-order valence-electron chi connectivity index (χ4n) is 1.68. The van der Waals surface area contributed by atoms with Crippen LogP contribution in [0.15, 0.2) is 36.4 Å². The van der Waals surface area contributed by atoms with Crippen LogP contribution >= 0.6 is 23.2 Å². The molecular weight excluding hydrogens is 283 g/mol. The number of anilines is 2. The van der Waals surface area contributed by atoms with Crippen LogP contribution in [0.2, 0.25) is 10.0 Å². The molecule has 3 N–H and O–H groups in total. The van der Waals surface area contributed by atoms with Crippen molar-refractivity contribution in [2.24, 2.45) is 0 Å². The summed E-state index contributed by atoms with van der Waals surface area (Å²) in [5, 5.41) is 3.49. The van der Waals surface area contributed by atoms with E-state index in [-0.39, 0.29) is 5.91 Å². The van der Waals surface area contributed by atoms with E-state index in [0.717, 1.165) is 5.56 Å². The van der Waals surface area contributed by atoms with Gasteiger partial charge in [0.1, 0.15) is 0 Å². The molecule has 0 fully saturated rings.